The van der Waals surface area contributed by atoms with E-state index in [9.17, 15) is 5.11 Å². The summed E-state index contributed by atoms with van der Waals surface area (Å²) in [7, 11) is 3.50. The summed E-state index contributed by atoms with van der Waals surface area (Å²) in [5.41, 5.74) is 2.95. The number of nitrogens with zero attached hydrogens (tertiary/aromatic N) is 2. The Hall–Kier alpha value is -1.81. The molecule has 0 radical (unpaired) electrons. The van der Waals surface area contributed by atoms with Crippen LogP contribution in [0.3, 0.4) is 0 Å². The van der Waals surface area contributed by atoms with Crippen molar-refractivity contribution in [2.75, 3.05) is 7.11 Å². The Balaban J connectivity index is 2.15. The normalized spacial score (nSPS) is 12.4. The molecule has 1 N–H and O–H groups in total. The average molecular weight is 246 g/mol. The van der Waals surface area contributed by atoms with Crippen LogP contribution in [0.4, 0.5) is 0 Å². The van der Waals surface area contributed by atoms with Crippen molar-refractivity contribution < 1.29 is 9.84 Å². The quantitative estimate of drug-likeness (QED) is 0.897. The Morgan fingerprint density at radius 2 is 2.22 bits per heavy atom. The van der Waals surface area contributed by atoms with Gasteiger partial charge in [0.15, 0.2) is 0 Å². The monoisotopic (exact) mass is 246 g/mol. The molecule has 4 nitrogen and oxygen atoms in total. The van der Waals surface area contributed by atoms with E-state index in [1.54, 1.807) is 18.0 Å². The van der Waals surface area contributed by atoms with E-state index < -0.39 is 6.10 Å². The second-order valence-corrected chi connectivity index (χ2v) is 4.47. The second kappa shape index (κ2) is 5.23. The third-order valence-electron chi connectivity index (χ3n) is 3.00. The van der Waals surface area contributed by atoms with Gasteiger partial charge in [0.05, 0.1) is 19.4 Å². The van der Waals surface area contributed by atoms with Gasteiger partial charge in [0.2, 0.25) is 0 Å². The number of aliphatic hydroxyl groups excluding tert-OH is 1. The highest BCUT2D eigenvalue weighted by Crippen LogP contribution is 2.25. The fraction of sp³-hybridized carbons (Fsp3) is 0.357. The Kier molecular flexibility index (Phi) is 3.67. The van der Waals surface area contributed by atoms with Gasteiger partial charge in [-0.2, -0.15) is 5.10 Å². The molecule has 18 heavy (non-hydrogen) atoms. The van der Waals surface area contributed by atoms with E-state index >= 15 is 0 Å². The highest BCUT2D eigenvalue weighted by molar-refractivity contribution is 5.37. The highest BCUT2D eigenvalue weighted by atomic mass is 16.5. The van der Waals surface area contributed by atoms with E-state index in [0.29, 0.717) is 6.42 Å². The van der Waals surface area contributed by atoms with Crippen LogP contribution < -0.4 is 4.74 Å². The van der Waals surface area contributed by atoms with Gasteiger partial charge in [-0.3, -0.25) is 4.68 Å². The molecule has 1 aromatic heterocycles. The maximum Gasteiger partial charge on any atom is 0.122 e. The zero-order chi connectivity index (χ0) is 13.1. The molecule has 96 valence electrons. The van der Waals surface area contributed by atoms with Crippen LogP contribution in [0, 0.1) is 6.92 Å². The Morgan fingerprint density at radius 1 is 1.44 bits per heavy atom. The third-order valence-corrected chi connectivity index (χ3v) is 3.00. The number of rotatable bonds is 4. The molecule has 4 heteroatoms. The summed E-state index contributed by atoms with van der Waals surface area (Å²) in [6.45, 7) is 1.98. The van der Waals surface area contributed by atoms with Crippen LogP contribution in [0.2, 0.25) is 0 Å². The van der Waals surface area contributed by atoms with Gasteiger partial charge in [-0.05, 0) is 29.7 Å². The summed E-state index contributed by atoms with van der Waals surface area (Å²) in [6.07, 6.45) is 3.70. The number of hydrogen-bond acceptors (Lipinski definition) is 3. The van der Waals surface area contributed by atoms with Crippen LogP contribution in [0.15, 0.2) is 30.6 Å². The van der Waals surface area contributed by atoms with Crippen molar-refractivity contribution in [1.29, 1.82) is 0 Å². The average Bonchev–Trinajstić information content (AvgIpc) is 2.75. The first-order valence-electron chi connectivity index (χ1n) is 5.90. The van der Waals surface area contributed by atoms with Crippen LogP contribution in [0.1, 0.15) is 22.8 Å². The lowest BCUT2D eigenvalue weighted by Crippen LogP contribution is -2.02. The predicted octanol–water partition coefficient (Wildman–Crippen LogP) is 2.01. The topological polar surface area (TPSA) is 47.3 Å². The smallest absolute Gasteiger partial charge is 0.122 e. The van der Waals surface area contributed by atoms with Gasteiger partial charge in [-0.15, -0.1) is 0 Å². The maximum atomic E-state index is 10.2. The van der Waals surface area contributed by atoms with Gasteiger partial charge in [0, 0.05) is 19.7 Å². The molecular weight excluding hydrogens is 228 g/mol. The minimum atomic E-state index is -0.538. The SMILES string of the molecule is COc1cc(C(O)Cc2cnn(C)c2)ccc1C. The fourth-order valence-corrected chi connectivity index (χ4v) is 1.96. The molecule has 1 atom stereocenters. The zero-order valence-corrected chi connectivity index (χ0v) is 10.9. The van der Waals surface area contributed by atoms with Crippen molar-refractivity contribution in [2.24, 2.45) is 7.05 Å². The number of benzene rings is 1. The number of aryl methyl sites for hydroxylation is 2. The standard InChI is InChI=1S/C14H18N2O2/c1-10-4-5-12(7-14(10)18-3)13(17)6-11-8-15-16(2)9-11/h4-5,7-9,13,17H,6H2,1-3H3. The number of aromatic nitrogens is 2. The second-order valence-electron chi connectivity index (χ2n) is 4.47. The first-order valence-corrected chi connectivity index (χ1v) is 5.90. The summed E-state index contributed by atoms with van der Waals surface area (Å²) < 4.78 is 7.00. The molecule has 1 unspecified atom stereocenters. The van der Waals surface area contributed by atoms with E-state index in [0.717, 1.165) is 22.4 Å². The molecule has 0 aliphatic rings. The molecule has 0 saturated carbocycles. The van der Waals surface area contributed by atoms with Crippen LogP contribution >= 0.6 is 0 Å². The van der Waals surface area contributed by atoms with Crippen molar-refractivity contribution in [2.45, 2.75) is 19.4 Å². The Morgan fingerprint density at radius 3 is 2.83 bits per heavy atom. The lowest BCUT2D eigenvalue weighted by molar-refractivity contribution is 0.178. The highest BCUT2D eigenvalue weighted by Gasteiger charge is 2.11. The van der Waals surface area contributed by atoms with E-state index in [2.05, 4.69) is 5.10 Å². The Labute approximate surface area is 107 Å². The van der Waals surface area contributed by atoms with Crippen molar-refractivity contribution in [1.82, 2.24) is 9.78 Å². The molecule has 1 heterocycles. The largest absolute Gasteiger partial charge is 0.496 e. The molecule has 0 fully saturated rings. The zero-order valence-electron chi connectivity index (χ0n) is 10.9. The van der Waals surface area contributed by atoms with Crippen LogP contribution in [0.25, 0.3) is 0 Å². The van der Waals surface area contributed by atoms with Crippen LogP contribution in [-0.2, 0) is 13.5 Å². The Bertz CT molecular complexity index is 534. The minimum absolute atomic E-state index is 0.538. The molecule has 0 amide bonds. The summed E-state index contributed by atoms with van der Waals surface area (Å²) >= 11 is 0. The van der Waals surface area contributed by atoms with Crippen molar-refractivity contribution >= 4 is 0 Å². The molecule has 0 saturated heterocycles. The molecule has 0 spiro atoms. The molecule has 2 aromatic rings. The van der Waals surface area contributed by atoms with E-state index in [1.165, 1.54) is 0 Å². The fourth-order valence-electron chi connectivity index (χ4n) is 1.96. The summed E-state index contributed by atoms with van der Waals surface area (Å²) in [4.78, 5) is 0. The van der Waals surface area contributed by atoms with Crippen molar-refractivity contribution in [3.63, 3.8) is 0 Å². The number of aliphatic hydroxyl groups is 1. The molecule has 0 aliphatic heterocycles. The van der Waals surface area contributed by atoms with Gasteiger partial charge in [-0.25, -0.2) is 0 Å². The summed E-state index contributed by atoms with van der Waals surface area (Å²) in [6, 6.07) is 5.77. The van der Waals surface area contributed by atoms with Gasteiger partial charge in [0.1, 0.15) is 5.75 Å². The number of ether oxygens (including phenoxy) is 1. The third kappa shape index (κ3) is 2.71. The van der Waals surface area contributed by atoms with Gasteiger partial charge in [-0.1, -0.05) is 12.1 Å². The number of hydrogen-bond donors (Lipinski definition) is 1. The summed E-state index contributed by atoms with van der Waals surface area (Å²) in [5, 5.41) is 14.3. The van der Waals surface area contributed by atoms with Gasteiger partial charge < -0.3 is 9.84 Å². The molecular formula is C14H18N2O2. The predicted molar refractivity (Wildman–Crippen MR) is 69.6 cm³/mol. The van der Waals surface area contributed by atoms with Gasteiger partial charge in [0.25, 0.3) is 0 Å². The molecule has 2 rings (SSSR count). The van der Waals surface area contributed by atoms with E-state index in [-0.39, 0.29) is 0 Å². The first kappa shape index (κ1) is 12.6. The maximum absolute atomic E-state index is 10.2. The number of methoxy groups -OCH3 is 1. The van der Waals surface area contributed by atoms with Crippen LogP contribution in [-0.4, -0.2) is 22.0 Å². The molecule has 0 aliphatic carbocycles. The van der Waals surface area contributed by atoms with Crippen molar-refractivity contribution in [3.8, 4) is 5.75 Å². The lowest BCUT2D eigenvalue weighted by Gasteiger charge is -2.12. The van der Waals surface area contributed by atoms with E-state index in [4.69, 9.17) is 4.74 Å². The minimum Gasteiger partial charge on any atom is -0.496 e. The van der Waals surface area contributed by atoms with Gasteiger partial charge >= 0.3 is 0 Å². The lowest BCUT2D eigenvalue weighted by atomic mass is 10.0. The first-order chi connectivity index (χ1) is 8.60. The summed E-state index contributed by atoms with van der Waals surface area (Å²) in [5.74, 6) is 0.803. The van der Waals surface area contributed by atoms with Crippen molar-refractivity contribution in [3.05, 3.63) is 47.3 Å². The molecule has 1 aromatic carbocycles. The van der Waals surface area contributed by atoms with Crippen LogP contribution in [0.5, 0.6) is 5.75 Å². The molecule has 0 bridgehead atoms. The van der Waals surface area contributed by atoms with E-state index in [1.807, 2.05) is 38.4 Å².